The number of nitrogens with zero attached hydrogens (tertiary/aromatic N) is 1. The van der Waals surface area contributed by atoms with E-state index in [0.717, 1.165) is 26.7 Å². The highest BCUT2D eigenvalue weighted by Gasteiger charge is 2.16. The summed E-state index contributed by atoms with van der Waals surface area (Å²) in [6.45, 7) is 0. The Bertz CT molecular complexity index is 2160. The van der Waals surface area contributed by atoms with Gasteiger partial charge in [0.1, 0.15) is 11.2 Å². The van der Waals surface area contributed by atoms with E-state index in [1.807, 2.05) is 0 Å². The molecule has 8 aromatic rings. The Hall–Kier alpha value is -4.34. The van der Waals surface area contributed by atoms with Gasteiger partial charge in [-0.1, -0.05) is 94.8 Å². The predicted molar refractivity (Wildman–Crippen MR) is 159 cm³/mol. The molecular formula is C34H20BrNO. The Morgan fingerprint density at radius 3 is 2.22 bits per heavy atom. The lowest BCUT2D eigenvalue weighted by Crippen LogP contribution is -1.94. The normalized spacial score (nSPS) is 11.9. The Balaban J connectivity index is 1.46. The minimum Gasteiger partial charge on any atom is -0.456 e. The minimum absolute atomic E-state index is 0.907. The van der Waals surface area contributed by atoms with Crippen LogP contribution in [-0.4, -0.2) is 4.57 Å². The largest absolute Gasteiger partial charge is 0.456 e. The molecule has 0 fully saturated rings. The molecule has 6 aromatic carbocycles. The number of halogens is 1. The minimum atomic E-state index is 0.907. The molecule has 3 heteroatoms. The van der Waals surface area contributed by atoms with Gasteiger partial charge in [-0.3, -0.25) is 0 Å². The van der Waals surface area contributed by atoms with E-state index in [2.05, 4.69) is 142 Å². The van der Waals surface area contributed by atoms with E-state index in [0.29, 0.717) is 0 Å². The molecule has 0 radical (unpaired) electrons. The van der Waals surface area contributed by atoms with Crippen LogP contribution in [0.4, 0.5) is 0 Å². The topological polar surface area (TPSA) is 18.1 Å². The molecule has 174 valence electrons. The SMILES string of the molecule is Brc1ccccc1-c1ccc2c3ccccc3n(-c3ccc4oc5ccc6ccccc6c5c4c3)c2c1. The van der Waals surface area contributed by atoms with Gasteiger partial charge in [-0.15, -0.1) is 0 Å². The maximum Gasteiger partial charge on any atom is 0.136 e. The Kier molecular flexibility index (Phi) is 4.40. The summed E-state index contributed by atoms with van der Waals surface area (Å²) >= 11 is 3.74. The second-order valence-electron chi connectivity index (χ2n) is 9.51. The van der Waals surface area contributed by atoms with Crippen LogP contribution in [0.25, 0.3) is 71.3 Å². The number of aromatic nitrogens is 1. The molecule has 2 aromatic heterocycles. The van der Waals surface area contributed by atoms with E-state index < -0.39 is 0 Å². The number of rotatable bonds is 2. The molecule has 2 nitrogen and oxygen atoms in total. The third kappa shape index (κ3) is 3.04. The van der Waals surface area contributed by atoms with E-state index in [1.54, 1.807) is 0 Å². The van der Waals surface area contributed by atoms with Crippen molar-refractivity contribution in [1.29, 1.82) is 0 Å². The van der Waals surface area contributed by atoms with Gasteiger partial charge in [0.2, 0.25) is 0 Å². The van der Waals surface area contributed by atoms with E-state index in [-0.39, 0.29) is 0 Å². The summed E-state index contributed by atoms with van der Waals surface area (Å²) in [6, 6.07) is 43.1. The van der Waals surface area contributed by atoms with Crippen molar-refractivity contribution < 1.29 is 4.42 Å². The maximum absolute atomic E-state index is 6.28. The summed E-state index contributed by atoms with van der Waals surface area (Å²) in [5, 5.41) is 7.24. The summed E-state index contributed by atoms with van der Waals surface area (Å²) in [5.74, 6) is 0. The first kappa shape index (κ1) is 20.8. The fourth-order valence-electron chi connectivity index (χ4n) is 5.79. The van der Waals surface area contributed by atoms with Crippen LogP contribution < -0.4 is 0 Å². The number of para-hydroxylation sites is 1. The molecule has 0 aliphatic rings. The average Bonchev–Trinajstić information content (AvgIpc) is 3.48. The highest BCUT2D eigenvalue weighted by molar-refractivity contribution is 9.10. The van der Waals surface area contributed by atoms with Crippen LogP contribution in [0.5, 0.6) is 0 Å². The molecule has 0 unspecified atom stereocenters. The van der Waals surface area contributed by atoms with Crippen LogP contribution in [0, 0.1) is 0 Å². The maximum atomic E-state index is 6.28. The van der Waals surface area contributed by atoms with Gasteiger partial charge in [-0.25, -0.2) is 0 Å². The molecule has 0 saturated heterocycles. The second kappa shape index (κ2) is 7.83. The van der Waals surface area contributed by atoms with Crippen molar-refractivity contribution >= 4 is 70.4 Å². The summed E-state index contributed by atoms with van der Waals surface area (Å²) in [5.41, 5.74) is 7.70. The number of benzene rings is 6. The first-order chi connectivity index (χ1) is 18.3. The van der Waals surface area contributed by atoms with Gasteiger partial charge in [0.25, 0.3) is 0 Å². The number of hydrogen-bond donors (Lipinski definition) is 0. The van der Waals surface area contributed by atoms with E-state index in [4.69, 9.17) is 4.42 Å². The summed E-state index contributed by atoms with van der Waals surface area (Å²) < 4.78 is 9.76. The fourth-order valence-corrected chi connectivity index (χ4v) is 6.30. The molecule has 0 aliphatic carbocycles. The first-order valence-corrected chi connectivity index (χ1v) is 13.2. The van der Waals surface area contributed by atoms with Gasteiger partial charge in [-0.05, 0) is 64.4 Å². The number of hydrogen-bond acceptors (Lipinski definition) is 1. The van der Waals surface area contributed by atoms with Crippen molar-refractivity contribution in [1.82, 2.24) is 4.57 Å². The van der Waals surface area contributed by atoms with Gasteiger partial charge in [0.15, 0.2) is 0 Å². The summed E-state index contributed by atoms with van der Waals surface area (Å²) in [7, 11) is 0. The van der Waals surface area contributed by atoms with Crippen molar-refractivity contribution in [3.05, 3.63) is 126 Å². The van der Waals surface area contributed by atoms with E-state index in [1.165, 1.54) is 49.1 Å². The van der Waals surface area contributed by atoms with Crippen LogP contribution in [-0.2, 0) is 0 Å². The highest BCUT2D eigenvalue weighted by Crippen LogP contribution is 2.39. The fraction of sp³-hybridized carbons (Fsp3) is 0. The molecule has 37 heavy (non-hydrogen) atoms. The molecule has 0 bridgehead atoms. The third-order valence-corrected chi connectivity index (χ3v) is 8.15. The van der Waals surface area contributed by atoms with Crippen LogP contribution in [0.15, 0.2) is 130 Å². The molecule has 0 aliphatic heterocycles. The van der Waals surface area contributed by atoms with Crippen LogP contribution in [0.3, 0.4) is 0 Å². The van der Waals surface area contributed by atoms with Gasteiger partial charge in [-0.2, -0.15) is 0 Å². The molecular weight excluding hydrogens is 518 g/mol. The second-order valence-corrected chi connectivity index (χ2v) is 10.4. The van der Waals surface area contributed by atoms with Crippen LogP contribution >= 0.6 is 15.9 Å². The monoisotopic (exact) mass is 537 g/mol. The third-order valence-electron chi connectivity index (χ3n) is 7.46. The molecule has 0 saturated carbocycles. The Labute approximate surface area is 221 Å². The van der Waals surface area contributed by atoms with Crippen LogP contribution in [0.1, 0.15) is 0 Å². The zero-order valence-corrected chi connectivity index (χ0v) is 21.4. The average molecular weight is 538 g/mol. The smallest absolute Gasteiger partial charge is 0.136 e. The van der Waals surface area contributed by atoms with Crippen molar-refractivity contribution in [2.75, 3.05) is 0 Å². The Morgan fingerprint density at radius 2 is 1.30 bits per heavy atom. The van der Waals surface area contributed by atoms with Crippen molar-refractivity contribution in [2.24, 2.45) is 0 Å². The standard InChI is InChI=1S/C34H20BrNO/c35-29-11-5-3-8-24(29)22-13-16-27-26-10-4-6-12-30(26)36(31(27)19-22)23-15-18-32-28(20-23)34-25-9-2-1-7-21(25)14-17-33(34)37-32/h1-20H. The zero-order chi connectivity index (χ0) is 24.5. The lowest BCUT2D eigenvalue weighted by Gasteiger charge is -2.10. The first-order valence-electron chi connectivity index (χ1n) is 12.4. The van der Waals surface area contributed by atoms with Gasteiger partial charge in [0.05, 0.1) is 11.0 Å². The van der Waals surface area contributed by atoms with Gasteiger partial charge in [0, 0.05) is 31.7 Å². The molecule has 0 amide bonds. The zero-order valence-electron chi connectivity index (χ0n) is 19.8. The van der Waals surface area contributed by atoms with Gasteiger partial charge >= 0.3 is 0 Å². The lowest BCUT2D eigenvalue weighted by molar-refractivity contribution is 0.669. The van der Waals surface area contributed by atoms with E-state index in [9.17, 15) is 0 Å². The van der Waals surface area contributed by atoms with Gasteiger partial charge < -0.3 is 8.98 Å². The van der Waals surface area contributed by atoms with Crippen LogP contribution in [0.2, 0.25) is 0 Å². The van der Waals surface area contributed by atoms with Crippen molar-refractivity contribution in [2.45, 2.75) is 0 Å². The number of furan rings is 1. The molecule has 0 spiro atoms. The number of fused-ring (bicyclic) bond motifs is 8. The van der Waals surface area contributed by atoms with E-state index >= 15 is 0 Å². The molecule has 8 rings (SSSR count). The molecule has 0 N–H and O–H groups in total. The highest BCUT2D eigenvalue weighted by atomic mass is 79.9. The Morgan fingerprint density at radius 1 is 0.541 bits per heavy atom. The van der Waals surface area contributed by atoms with Crippen molar-refractivity contribution in [3.63, 3.8) is 0 Å². The van der Waals surface area contributed by atoms with Crippen molar-refractivity contribution in [3.8, 4) is 16.8 Å². The predicted octanol–water partition coefficient (Wildman–Crippen LogP) is 10.3. The quantitative estimate of drug-likeness (QED) is 0.214. The molecule has 2 heterocycles. The summed E-state index contributed by atoms with van der Waals surface area (Å²) in [6.07, 6.45) is 0. The summed E-state index contributed by atoms with van der Waals surface area (Å²) in [4.78, 5) is 0. The lowest BCUT2D eigenvalue weighted by atomic mass is 10.0. The molecule has 0 atom stereocenters.